The van der Waals surface area contributed by atoms with Crippen molar-refractivity contribution in [2.24, 2.45) is 0 Å². The molecule has 0 radical (unpaired) electrons. The first kappa shape index (κ1) is 14.2. The zero-order valence-electron chi connectivity index (χ0n) is 11.1. The first-order valence-electron chi connectivity index (χ1n) is 6.59. The predicted molar refractivity (Wildman–Crippen MR) is 81.0 cm³/mol. The van der Waals surface area contributed by atoms with Gasteiger partial charge in [0.1, 0.15) is 11.2 Å². The molecule has 0 saturated carbocycles. The number of nitrogens with zero attached hydrogens (tertiary/aromatic N) is 5. The molecule has 0 atom stereocenters. The zero-order valence-corrected chi connectivity index (χ0v) is 12.8. The zero-order chi connectivity index (χ0) is 14.7. The summed E-state index contributed by atoms with van der Waals surface area (Å²) in [6, 6.07) is 3.08. The summed E-state index contributed by atoms with van der Waals surface area (Å²) in [4.78, 5) is 16.4. The lowest BCUT2D eigenvalue weighted by Crippen LogP contribution is -2.29. The van der Waals surface area contributed by atoms with Gasteiger partial charge in [0.05, 0.1) is 4.92 Å². The van der Waals surface area contributed by atoms with Crippen molar-refractivity contribution in [1.82, 2.24) is 15.2 Å². The predicted octanol–water partition coefficient (Wildman–Crippen LogP) is 2.98. The minimum absolute atomic E-state index is 0.00869. The van der Waals surface area contributed by atoms with Gasteiger partial charge in [-0.3, -0.25) is 10.1 Å². The fraction of sp³-hybridized carbons (Fsp3) is 0.417. The molecule has 0 spiro atoms. The van der Waals surface area contributed by atoms with Crippen molar-refractivity contribution < 1.29 is 4.92 Å². The molecule has 9 heteroatoms. The lowest BCUT2D eigenvalue weighted by Gasteiger charge is -2.25. The maximum Gasteiger partial charge on any atom is 0.287 e. The molecule has 0 aromatic carbocycles. The van der Waals surface area contributed by atoms with Gasteiger partial charge < -0.3 is 4.90 Å². The molecule has 0 aliphatic carbocycles. The summed E-state index contributed by atoms with van der Waals surface area (Å²) in [5.74, 6) is 0. The van der Waals surface area contributed by atoms with Crippen LogP contribution in [0.4, 0.5) is 10.8 Å². The molecule has 0 unspecified atom stereocenters. The van der Waals surface area contributed by atoms with Gasteiger partial charge in [-0.2, -0.15) is 0 Å². The van der Waals surface area contributed by atoms with E-state index >= 15 is 0 Å². The average Bonchev–Trinajstić information content (AvgIpc) is 2.97. The van der Waals surface area contributed by atoms with Gasteiger partial charge in [-0.15, -0.1) is 10.2 Å². The van der Waals surface area contributed by atoms with Crippen LogP contribution >= 0.6 is 23.1 Å². The number of aromatic nitrogens is 3. The van der Waals surface area contributed by atoms with Crippen molar-refractivity contribution in [2.75, 3.05) is 18.0 Å². The number of hydrogen-bond acceptors (Lipinski definition) is 8. The molecule has 0 bridgehead atoms. The lowest BCUT2D eigenvalue weighted by atomic mass is 10.1. The van der Waals surface area contributed by atoms with E-state index in [1.807, 2.05) is 0 Å². The number of anilines is 1. The third kappa shape index (κ3) is 3.48. The van der Waals surface area contributed by atoms with E-state index < -0.39 is 4.92 Å². The highest BCUT2D eigenvalue weighted by atomic mass is 32.2. The Morgan fingerprint density at radius 3 is 2.71 bits per heavy atom. The molecule has 21 heavy (non-hydrogen) atoms. The van der Waals surface area contributed by atoms with Gasteiger partial charge in [0.2, 0.25) is 5.13 Å². The number of piperidine rings is 1. The van der Waals surface area contributed by atoms with Crippen LogP contribution in [0, 0.1) is 10.1 Å². The Labute approximate surface area is 129 Å². The van der Waals surface area contributed by atoms with Gasteiger partial charge in [0, 0.05) is 19.2 Å². The summed E-state index contributed by atoms with van der Waals surface area (Å²) in [6.07, 6.45) is 4.94. The van der Waals surface area contributed by atoms with Crippen LogP contribution in [0.3, 0.4) is 0 Å². The Morgan fingerprint density at radius 1 is 1.24 bits per heavy atom. The Bertz CT molecular complexity index is 625. The van der Waals surface area contributed by atoms with Crippen molar-refractivity contribution in [3.63, 3.8) is 0 Å². The van der Waals surface area contributed by atoms with Gasteiger partial charge in [0.25, 0.3) is 5.69 Å². The largest absolute Gasteiger partial charge is 0.347 e. The van der Waals surface area contributed by atoms with E-state index in [0.29, 0.717) is 5.03 Å². The SMILES string of the molecule is O=[N+]([O-])c1ccc(Sc2nnc(N3CCCCC3)s2)nc1. The third-order valence-corrected chi connectivity index (χ3v) is 5.13. The summed E-state index contributed by atoms with van der Waals surface area (Å²) in [6.45, 7) is 2.07. The molecule has 0 N–H and O–H groups in total. The maximum absolute atomic E-state index is 10.6. The quantitative estimate of drug-likeness (QED) is 0.631. The molecule has 1 saturated heterocycles. The normalized spacial score (nSPS) is 15.1. The summed E-state index contributed by atoms with van der Waals surface area (Å²) >= 11 is 2.91. The van der Waals surface area contributed by atoms with Crippen LogP contribution in [0.2, 0.25) is 0 Å². The van der Waals surface area contributed by atoms with Crippen molar-refractivity contribution in [3.05, 3.63) is 28.4 Å². The molecular weight excluding hydrogens is 310 g/mol. The number of pyridine rings is 1. The van der Waals surface area contributed by atoms with E-state index in [2.05, 4.69) is 20.1 Å². The van der Waals surface area contributed by atoms with Gasteiger partial charge >= 0.3 is 0 Å². The van der Waals surface area contributed by atoms with Crippen LogP contribution in [0.25, 0.3) is 0 Å². The molecule has 1 fully saturated rings. The van der Waals surface area contributed by atoms with Gasteiger partial charge in [-0.1, -0.05) is 11.3 Å². The molecule has 2 aromatic rings. The Hall–Kier alpha value is -1.74. The van der Waals surface area contributed by atoms with Crippen LogP contribution in [0.5, 0.6) is 0 Å². The standard InChI is InChI=1S/C12H13N5O2S2/c18-17(19)9-4-5-10(13-8-9)20-12-15-14-11(21-12)16-6-2-1-3-7-16/h4-5,8H,1-3,6-7H2. The summed E-state index contributed by atoms with van der Waals surface area (Å²) in [7, 11) is 0. The van der Waals surface area contributed by atoms with Crippen LogP contribution in [0.15, 0.2) is 27.7 Å². The van der Waals surface area contributed by atoms with Gasteiger partial charge in [-0.25, -0.2) is 4.98 Å². The van der Waals surface area contributed by atoms with Crippen LogP contribution in [-0.4, -0.2) is 33.2 Å². The second kappa shape index (κ2) is 6.35. The van der Waals surface area contributed by atoms with E-state index in [1.54, 1.807) is 6.07 Å². The summed E-state index contributed by atoms with van der Waals surface area (Å²) in [5.41, 5.74) is -0.00869. The average molecular weight is 323 g/mol. The molecular formula is C12H13N5O2S2. The minimum Gasteiger partial charge on any atom is -0.347 e. The molecule has 3 heterocycles. The molecule has 1 aliphatic heterocycles. The second-order valence-electron chi connectivity index (χ2n) is 4.61. The minimum atomic E-state index is -0.457. The van der Waals surface area contributed by atoms with Crippen LogP contribution < -0.4 is 4.90 Å². The van der Waals surface area contributed by atoms with Crippen LogP contribution in [0.1, 0.15) is 19.3 Å². The Kier molecular flexibility index (Phi) is 4.30. The molecule has 0 amide bonds. The highest BCUT2D eigenvalue weighted by molar-refractivity contribution is 8.01. The monoisotopic (exact) mass is 323 g/mol. The first-order valence-corrected chi connectivity index (χ1v) is 8.22. The van der Waals surface area contributed by atoms with Gasteiger partial charge in [0.15, 0.2) is 4.34 Å². The summed E-state index contributed by atoms with van der Waals surface area (Å²) < 4.78 is 0.803. The highest BCUT2D eigenvalue weighted by Crippen LogP contribution is 2.33. The Balaban J connectivity index is 1.67. The second-order valence-corrected chi connectivity index (χ2v) is 6.84. The van der Waals surface area contributed by atoms with E-state index in [0.717, 1.165) is 22.6 Å². The number of hydrogen-bond donors (Lipinski definition) is 0. The maximum atomic E-state index is 10.6. The van der Waals surface area contributed by atoms with E-state index in [1.165, 1.54) is 54.6 Å². The molecule has 3 rings (SSSR count). The molecule has 2 aromatic heterocycles. The third-order valence-electron chi connectivity index (χ3n) is 3.15. The molecule has 110 valence electrons. The first-order chi connectivity index (χ1) is 10.2. The fourth-order valence-corrected chi connectivity index (χ4v) is 3.87. The van der Waals surface area contributed by atoms with E-state index in [4.69, 9.17) is 0 Å². The fourth-order valence-electron chi connectivity index (χ4n) is 2.09. The van der Waals surface area contributed by atoms with E-state index in [-0.39, 0.29) is 5.69 Å². The Morgan fingerprint density at radius 2 is 2.05 bits per heavy atom. The smallest absolute Gasteiger partial charge is 0.287 e. The van der Waals surface area contributed by atoms with E-state index in [9.17, 15) is 10.1 Å². The molecule has 1 aliphatic rings. The van der Waals surface area contributed by atoms with Crippen molar-refractivity contribution in [2.45, 2.75) is 28.6 Å². The lowest BCUT2D eigenvalue weighted by molar-refractivity contribution is -0.385. The van der Waals surface area contributed by atoms with Gasteiger partial charge in [-0.05, 0) is 37.1 Å². The summed E-state index contributed by atoms with van der Waals surface area (Å²) in [5, 5.41) is 20.6. The molecule has 7 nitrogen and oxygen atoms in total. The van der Waals surface area contributed by atoms with Crippen LogP contribution in [-0.2, 0) is 0 Å². The van der Waals surface area contributed by atoms with Crippen molar-refractivity contribution >= 4 is 33.9 Å². The topological polar surface area (TPSA) is 85.0 Å². The van der Waals surface area contributed by atoms with Crippen molar-refractivity contribution in [3.8, 4) is 0 Å². The van der Waals surface area contributed by atoms with Crippen molar-refractivity contribution in [1.29, 1.82) is 0 Å². The number of nitro groups is 1. The highest BCUT2D eigenvalue weighted by Gasteiger charge is 2.16. The number of rotatable bonds is 4.